The fourth-order valence-corrected chi connectivity index (χ4v) is 6.52. The molecule has 0 amide bonds. The van der Waals surface area contributed by atoms with Gasteiger partial charge in [-0.3, -0.25) is 9.36 Å². The van der Waals surface area contributed by atoms with Gasteiger partial charge < -0.3 is 28.3 Å². The fourth-order valence-electron chi connectivity index (χ4n) is 5.78. The summed E-state index contributed by atoms with van der Waals surface area (Å²) in [5, 5.41) is 9.89. The molecule has 0 saturated heterocycles. The Hall–Kier alpha value is -2.58. The Morgan fingerprint density at radius 1 is 0.542 bits per heavy atom. The normalized spacial score (nSPS) is 14.6. The Morgan fingerprint density at radius 2 is 0.898 bits per heavy atom. The van der Waals surface area contributed by atoms with Gasteiger partial charge in [0.05, 0.1) is 27.7 Å². The number of aliphatic hydroxyl groups excluding tert-OH is 1. The molecule has 0 heterocycles. The number of phosphoric ester groups is 1. The molecule has 338 valence electrons. The molecule has 1 N–H and O–H groups in total. The number of rotatable bonds is 41. The van der Waals surface area contributed by atoms with Crippen molar-refractivity contribution in [2.75, 3.05) is 47.5 Å². The van der Waals surface area contributed by atoms with Gasteiger partial charge in [-0.05, 0) is 70.6 Å². The predicted molar refractivity (Wildman–Crippen MR) is 249 cm³/mol. The molecule has 0 aliphatic rings. The van der Waals surface area contributed by atoms with Crippen molar-refractivity contribution in [2.24, 2.45) is 0 Å². The molecule has 2 atom stereocenters. The Labute approximate surface area is 362 Å². The predicted octanol–water partition coefficient (Wildman–Crippen LogP) is 12.9. The molecular weight excluding hydrogens is 758 g/mol. The molecule has 0 aromatic carbocycles. The molecule has 0 fully saturated rings. The number of hydrogen-bond donors (Lipinski definition) is 1. The maximum absolute atomic E-state index is 11.9. The molecule has 0 spiro atoms. The molecule has 2 unspecified atom stereocenters. The Balaban J connectivity index is 3.49. The van der Waals surface area contributed by atoms with Crippen molar-refractivity contribution in [3.8, 4) is 0 Å². The Bertz CT molecular complexity index is 1260. The average molecular weight is 844 g/mol. The molecule has 0 aliphatic heterocycles. The van der Waals surface area contributed by atoms with E-state index < -0.39 is 26.5 Å². The van der Waals surface area contributed by atoms with Crippen molar-refractivity contribution in [3.05, 3.63) is 97.2 Å². The molecule has 0 bridgehead atoms. The number of carbonyl (C=O) groups excluding carboxylic acids is 1. The number of aliphatic hydroxyl groups is 1. The highest BCUT2D eigenvalue weighted by molar-refractivity contribution is 7.45. The van der Waals surface area contributed by atoms with Crippen LogP contribution in [0.2, 0.25) is 0 Å². The number of quaternary nitrogens is 1. The first-order valence-electron chi connectivity index (χ1n) is 23.0. The third-order valence-electron chi connectivity index (χ3n) is 9.35. The number of carbonyl (C=O) groups is 1. The summed E-state index contributed by atoms with van der Waals surface area (Å²) < 4.78 is 26.9. The second-order valence-electron chi connectivity index (χ2n) is 16.2. The largest absolute Gasteiger partial charge is 0.756 e. The fraction of sp³-hybridized carbons (Fsp3) is 0.660. The van der Waals surface area contributed by atoms with Gasteiger partial charge >= 0.3 is 5.97 Å². The lowest BCUT2D eigenvalue weighted by molar-refractivity contribution is -0.870. The smallest absolute Gasteiger partial charge is 0.305 e. The van der Waals surface area contributed by atoms with E-state index in [1.165, 1.54) is 77.0 Å². The Kier molecular flexibility index (Phi) is 40.3. The van der Waals surface area contributed by atoms with Crippen molar-refractivity contribution in [3.63, 3.8) is 0 Å². The van der Waals surface area contributed by atoms with Gasteiger partial charge in [0.25, 0.3) is 7.82 Å². The molecule has 0 aromatic rings. The van der Waals surface area contributed by atoms with E-state index in [0.29, 0.717) is 17.4 Å². The van der Waals surface area contributed by atoms with Gasteiger partial charge in [0.1, 0.15) is 25.9 Å². The monoisotopic (exact) mass is 844 g/mol. The third-order valence-corrected chi connectivity index (χ3v) is 10.3. The number of unbranched alkanes of at least 4 members (excludes halogenated alkanes) is 14. The van der Waals surface area contributed by atoms with E-state index in [2.05, 4.69) is 104 Å². The van der Waals surface area contributed by atoms with Gasteiger partial charge in [0.15, 0.2) is 0 Å². The van der Waals surface area contributed by atoms with Crippen molar-refractivity contribution in [1.82, 2.24) is 0 Å². The number of nitrogens with zero attached hydrogens (tertiary/aromatic N) is 1. The molecule has 0 aliphatic carbocycles. The maximum Gasteiger partial charge on any atom is 0.305 e. The van der Waals surface area contributed by atoms with Crippen LogP contribution in [0.15, 0.2) is 97.2 Å². The third kappa shape index (κ3) is 48.0. The van der Waals surface area contributed by atoms with Crippen molar-refractivity contribution in [1.29, 1.82) is 0 Å². The number of allylic oxidation sites excluding steroid dienone is 16. The van der Waals surface area contributed by atoms with E-state index in [-0.39, 0.29) is 13.2 Å². The molecule has 0 rings (SSSR count). The minimum atomic E-state index is -4.51. The molecule has 0 radical (unpaired) electrons. The molecular formula is C50H86NO7P. The minimum Gasteiger partial charge on any atom is -0.756 e. The van der Waals surface area contributed by atoms with E-state index in [1.54, 1.807) is 0 Å². The van der Waals surface area contributed by atoms with Gasteiger partial charge in [0, 0.05) is 6.42 Å². The summed E-state index contributed by atoms with van der Waals surface area (Å²) in [6, 6.07) is 0. The number of ether oxygens (including phenoxy) is 1. The quantitative estimate of drug-likeness (QED) is 0.0215. The van der Waals surface area contributed by atoms with Crippen LogP contribution in [0.3, 0.4) is 0 Å². The lowest BCUT2D eigenvalue weighted by Crippen LogP contribution is -2.37. The van der Waals surface area contributed by atoms with Crippen LogP contribution in [0.25, 0.3) is 0 Å². The zero-order chi connectivity index (χ0) is 43.4. The molecule has 9 heteroatoms. The van der Waals surface area contributed by atoms with E-state index in [0.717, 1.165) is 70.6 Å². The van der Waals surface area contributed by atoms with Crippen molar-refractivity contribution in [2.45, 2.75) is 167 Å². The maximum atomic E-state index is 11.9. The van der Waals surface area contributed by atoms with Crippen LogP contribution in [-0.4, -0.2) is 69.2 Å². The number of esters is 1. The van der Waals surface area contributed by atoms with Crippen LogP contribution in [0.4, 0.5) is 0 Å². The van der Waals surface area contributed by atoms with Crippen LogP contribution >= 0.6 is 7.82 Å². The summed E-state index contributed by atoms with van der Waals surface area (Å²) in [5.41, 5.74) is 0. The van der Waals surface area contributed by atoms with Crippen molar-refractivity contribution >= 4 is 13.8 Å². The first kappa shape index (κ1) is 56.4. The topological polar surface area (TPSA) is 105 Å². The van der Waals surface area contributed by atoms with Crippen LogP contribution < -0.4 is 4.89 Å². The minimum absolute atomic E-state index is 0.0113. The molecule has 0 aromatic heterocycles. The Morgan fingerprint density at radius 3 is 1.29 bits per heavy atom. The first-order valence-corrected chi connectivity index (χ1v) is 24.5. The summed E-state index contributed by atoms with van der Waals surface area (Å²) in [6.07, 6.45) is 61.6. The van der Waals surface area contributed by atoms with Crippen LogP contribution in [-0.2, 0) is 23.1 Å². The lowest BCUT2D eigenvalue weighted by atomic mass is 10.0. The zero-order valence-electron chi connectivity index (χ0n) is 37.9. The summed E-state index contributed by atoms with van der Waals surface area (Å²) in [4.78, 5) is 23.7. The van der Waals surface area contributed by atoms with E-state index in [1.807, 2.05) is 21.1 Å². The van der Waals surface area contributed by atoms with Gasteiger partial charge in [-0.2, -0.15) is 0 Å². The van der Waals surface area contributed by atoms with E-state index >= 15 is 0 Å². The number of likely N-dealkylation sites (N-methyl/N-ethyl adjacent to an activating group) is 1. The van der Waals surface area contributed by atoms with E-state index in [9.17, 15) is 19.4 Å². The van der Waals surface area contributed by atoms with E-state index in [4.69, 9.17) is 13.8 Å². The summed E-state index contributed by atoms with van der Waals surface area (Å²) >= 11 is 0. The summed E-state index contributed by atoms with van der Waals surface area (Å²) in [6.45, 7) is 1.83. The van der Waals surface area contributed by atoms with Gasteiger partial charge in [-0.1, -0.05) is 181 Å². The van der Waals surface area contributed by atoms with Crippen LogP contribution in [0.1, 0.15) is 161 Å². The van der Waals surface area contributed by atoms with Crippen molar-refractivity contribution < 1.29 is 37.6 Å². The number of hydrogen-bond acceptors (Lipinski definition) is 7. The highest BCUT2D eigenvalue weighted by atomic mass is 31.2. The van der Waals surface area contributed by atoms with Gasteiger partial charge in [-0.25, -0.2) is 0 Å². The first-order chi connectivity index (χ1) is 28.6. The van der Waals surface area contributed by atoms with Crippen LogP contribution in [0, 0.1) is 0 Å². The average Bonchev–Trinajstić information content (AvgIpc) is 3.19. The second-order valence-corrected chi connectivity index (χ2v) is 17.7. The molecule has 8 nitrogen and oxygen atoms in total. The summed E-state index contributed by atoms with van der Waals surface area (Å²) in [7, 11) is 1.24. The lowest BCUT2D eigenvalue weighted by Gasteiger charge is -2.27. The number of phosphoric acid groups is 1. The summed E-state index contributed by atoms with van der Waals surface area (Å²) in [5.74, 6) is -0.391. The van der Waals surface area contributed by atoms with Gasteiger partial charge in [-0.15, -0.1) is 0 Å². The standard InChI is InChI=1S/C50H86NO7P/c1-5-6-7-8-9-10-11-12-13-14-15-16-17-18-19-20-21-22-23-24-25-26-27-28-29-30-31-32-33-34-35-36-37-38-39-40-41-42-43-44-50(53)56-47-49(52)48-58-59(54,55)57-46-45-51(2,3)4/h6-7,9-10,12-13,15-16,18-19,21-22,24-25,27-28,49,52H,5,8,11,14,17,20,23,26,29-48H2,1-4H3/b7-6-,10-9-,13-12-,16-15-,19-18-,22-21-,25-24-,28-27-. The van der Waals surface area contributed by atoms with Gasteiger partial charge in [0.2, 0.25) is 0 Å². The SMILES string of the molecule is CC/C=C\C/C=C\C/C=C\C/C=C\C/C=C\C/C=C\C/C=C\C/C=C\CCCCCCCCCCCCCCCCC(=O)OCC(O)COP(=O)([O-])OCC[N+](C)(C)C. The highest BCUT2D eigenvalue weighted by Gasteiger charge is 2.16. The molecule has 0 saturated carbocycles. The highest BCUT2D eigenvalue weighted by Crippen LogP contribution is 2.38. The van der Waals surface area contributed by atoms with Crippen LogP contribution in [0.5, 0.6) is 0 Å². The second kappa shape index (κ2) is 42.1. The zero-order valence-corrected chi connectivity index (χ0v) is 38.8. The molecule has 59 heavy (non-hydrogen) atoms.